The molecule has 2 rings (SSSR count). The van der Waals surface area contributed by atoms with Gasteiger partial charge in [0.2, 0.25) is 0 Å². The van der Waals surface area contributed by atoms with E-state index in [1.54, 1.807) is 26.0 Å². The number of methoxy groups -OCH3 is 2. The Balaban J connectivity index is 2.88. The Hall–Kier alpha value is -2.93. The van der Waals surface area contributed by atoms with Crippen LogP contribution in [0, 0.1) is 13.8 Å². The van der Waals surface area contributed by atoms with Crippen LogP contribution in [-0.2, 0) is 19.0 Å². The molecule has 2 aromatic rings. The highest BCUT2D eigenvalue weighted by molar-refractivity contribution is 5.93. The first-order valence-corrected chi connectivity index (χ1v) is 9.21. The van der Waals surface area contributed by atoms with E-state index in [4.69, 9.17) is 19.9 Å². The number of aromatic nitrogens is 1. The van der Waals surface area contributed by atoms with Gasteiger partial charge in [-0.2, -0.15) is 0 Å². The highest BCUT2D eigenvalue weighted by Gasteiger charge is 2.34. The van der Waals surface area contributed by atoms with Crippen molar-refractivity contribution >= 4 is 17.6 Å². The fourth-order valence-corrected chi connectivity index (χ4v) is 3.14. The predicted octanol–water partition coefficient (Wildman–Crippen LogP) is 3.76. The van der Waals surface area contributed by atoms with Gasteiger partial charge in [-0.05, 0) is 63.4 Å². The zero-order valence-corrected chi connectivity index (χ0v) is 18.0. The average molecular weight is 400 g/mol. The van der Waals surface area contributed by atoms with Gasteiger partial charge in [0.15, 0.2) is 11.8 Å². The summed E-state index contributed by atoms with van der Waals surface area (Å²) >= 11 is 0. The number of nitrogens with two attached hydrogens (primary N) is 1. The third-order valence-electron chi connectivity index (χ3n) is 4.40. The topological polar surface area (TPSA) is 101 Å². The molecule has 1 aromatic heterocycles. The zero-order valence-electron chi connectivity index (χ0n) is 18.0. The van der Waals surface area contributed by atoms with E-state index in [-0.39, 0.29) is 5.69 Å². The van der Waals surface area contributed by atoms with Gasteiger partial charge in [0, 0.05) is 16.9 Å². The molecule has 1 unspecified atom stereocenters. The van der Waals surface area contributed by atoms with Crippen molar-refractivity contribution in [1.29, 1.82) is 0 Å². The third kappa shape index (κ3) is 4.92. The summed E-state index contributed by atoms with van der Waals surface area (Å²) < 4.78 is 16.0. The number of benzene rings is 1. The third-order valence-corrected chi connectivity index (χ3v) is 4.40. The fraction of sp³-hybridized carbons (Fsp3) is 0.409. The minimum atomic E-state index is -1.02. The van der Waals surface area contributed by atoms with Crippen molar-refractivity contribution < 1.29 is 23.8 Å². The first kappa shape index (κ1) is 22.4. The van der Waals surface area contributed by atoms with Crippen LogP contribution in [0.4, 0.5) is 5.69 Å². The molecule has 0 radical (unpaired) electrons. The van der Waals surface area contributed by atoms with Gasteiger partial charge >= 0.3 is 11.9 Å². The number of aryl methyl sites for hydroxylation is 1. The maximum absolute atomic E-state index is 12.7. The SMILES string of the molecule is COC(=O)c1nc(C)c(C(OC(C)(C)C)C(=O)OC)c(-c2ccc(N)cc2)c1C. The number of carbonyl (C=O) groups excluding carboxylic acids is 2. The molecule has 1 heterocycles. The Kier molecular flexibility index (Phi) is 6.64. The van der Waals surface area contributed by atoms with Crippen molar-refractivity contribution in [1.82, 2.24) is 4.98 Å². The van der Waals surface area contributed by atoms with Crippen LogP contribution in [0.1, 0.15) is 54.2 Å². The molecule has 0 aliphatic carbocycles. The van der Waals surface area contributed by atoms with E-state index >= 15 is 0 Å². The van der Waals surface area contributed by atoms with Crippen LogP contribution in [0.3, 0.4) is 0 Å². The van der Waals surface area contributed by atoms with Crippen LogP contribution in [0.2, 0.25) is 0 Å². The van der Waals surface area contributed by atoms with E-state index in [1.807, 2.05) is 32.9 Å². The van der Waals surface area contributed by atoms with E-state index in [0.29, 0.717) is 28.1 Å². The van der Waals surface area contributed by atoms with Crippen molar-refractivity contribution in [2.75, 3.05) is 20.0 Å². The monoisotopic (exact) mass is 400 g/mol. The number of nitrogens with zero attached hydrogens (tertiary/aromatic N) is 1. The first-order chi connectivity index (χ1) is 13.5. The van der Waals surface area contributed by atoms with Gasteiger partial charge < -0.3 is 19.9 Å². The van der Waals surface area contributed by atoms with Gasteiger partial charge in [-0.25, -0.2) is 14.6 Å². The van der Waals surface area contributed by atoms with Gasteiger partial charge in [-0.1, -0.05) is 12.1 Å². The van der Waals surface area contributed by atoms with Crippen molar-refractivity contribution in [3.63, 3.8) is 0 Å². The second kappa shape index (κ2) is 8.61. The number of esters is 2. The number of carbonyl (C=O) groups is 2. The van der Waals surface area contributed by atoms with Crippen molar-refractivity contribution in [3.8, 4) is 11.1 Å². The molecular weight excluding hydrogens is 372 g/mol. The molecule has 0 saturated carbocycles. The van der Waals surface area contributed by atoms with Gasteiger partial charge in [-0.15, -0.1) is 0 Å². The zero-order chi connectivity index (χ0) is 21.9. The lowest BCUT2D eigenvalue weighted by Crippen LogP contribution is -2.30. The van der Waals surface area contributed by atoms with Crippen LogP contribution in [0.5, 0.6) is 0 Å². The summed E-state index contributed by atoms with van der Waals surface area (Å²) in [5, 5.41) is 0. The lowest BCUT2D eigenvalue weighted by atomic mass is 9.89. The number of hydrogen-bond acceptors (Lipinski definition) is 7. The van der Waals surface area contributed by atoms with E-state index in [9.17, 15) is 9.59 Å². The maximum atomic E-state index is 12.7. The Morgan fingerprint density at radius 2 is 1.62 bits per heavy atom. The average Bonchev–Trinajstić information content (AvgIpc) is 2.66. The Morgan fingerprint density at radius 1 is 1.03 bits per heavy atom. The van der Waals surface area contributed by atoms with E-state index in [2.05, 4.69) is 4.98 Å². The normalized spacial score (nSPS) is 12.4. The molecule has 0 aliphatic rings. The number of anilines is 1. The molecule has 0 spiro atoms. The van der Waals surface area contributed by atoms with Crippen LogP contribution >= 0.6 is 0 Å². The molecule has 0 amide bonds. The number of nitrogen functional groups attached to an aromatic ring is 1. The lowest BCUT2D eigenvalue weighted by Gasteiger charge is -2.29. The quantitative estimate of drug-likeness (QED) is 0.602. The summed E-state index contributed by atoms with van der Waals surface area (Å²) in [5.74, 6) is -1.10. The molecule has 156 valence electrons. The Labute approximate surface area is 171 Å². The molecule has 2 N–H and O–H groups in total. The summed E-state index contributed by atoms with van der Waals surface area (Å²) in [7, 11) is 2.61. The van der Waals surface area contributed by atoms with Crippen LogP contribution in [0.25, 0.3) is 11.1 Å². The number of ether oxygens (including phenoxy) is 3. The molecule has 1 atom stereocenters. The first-order valence-electron chi connectivity index (χ1n) is 9.21. The Bertz CT molecular complexity index is 914. The number of rotatable bonds is 5. The molecule has 0 fully saturated rings. The van der Waals surface area contributed by atoms with Crippen LogP contribution in [0.15, 0.2) is 24.3 Å². The highest BCUT2D eigenvalue weighted by atomic mass is 16.6. The summed E-state index contributed by atoms with van der Waals surface area (Å²) in [6.07, 6.45) is -1.02. The Morgan fingerprint density at radius 3 is 2.10 bits per heavy atom. The molecular formula is C22H28N2O5. The van der Waals surface area contributed by atoms with Gasteiger partial charge in [0.25, 0.3) is 0 Å². The molecule has 0 saturated heterocycles. The second-order valence-corrected chi connectivity index (χ2v) is 7.71. The largest absolute Gasteiger partial charge is 0.467 e. The van der Waals surface area contributed by atoms with Gasteiger partial charge in [0.1, 0.15) is 0 Å². The molecule has 0 bridgehead atoms. The fourth-order valence-electron chi connectivity index (χ4n) is 3.14. The van der Waals surface area contributed by atoms with Gasteiger partial charge in [0.05, 0.1) is 19.8 Å². The van der Waals surface area contributed by atoms with Gasteiger partial charge in [-0.3, -0.25) is 0 Å². The molecule has 1 aromatic carbocycles. The van der Waals surface area contributed by atoms with E-state index in [1.165, 1.54) is 14.2 Å². The standard InChI is InChI=1S/C22H28N2O5/c1-12-16(14-8-10-15(23)11-9-14)17(13(2)24-18(12)20(25)27-6)19(21(26)28-7)29-22(3,4)5/h8-11,19H,23H2,1-7H3. The lowest BCUT2D eigenvalue weighted by molar-refractivity contribution is -0.164. The molecule has 0 aliphatic heterocycles. The van der Waals surface area contributed by atoms with Crippen molar-refractivity contribution in [2.45, 2.75) is 46.3 Å². The molecule has 29 heavy (non-hydrogen) atoms. The summed E-state index contributed by atoms with van der Waals surface area (Å²) in [5.41, 5.74) is 9.02. The predicted molar refractivity (Wildman–Crippen MR) is 110 cm³/mol. The maximum Gasteiger partial charge on any atom is 0.356 e. The van der Waals surface area contributed by atoms with Crippen molar-refractivity contribution in [2.24, 2.45) is 0 Å². The minimum absolute atomic E-state index is 0.181. The second-order valence-electron chi connectivity index (χ2n) is 7.71. The minimum Gasteiger partial charge on any atom is -0.467 e. The van der Waals surface area contributed by atoms with Crippen molar-refractivity contribution in [3.05, 3.63) is 46.8 Å². The van der Waals surface area contributed by atoms with E-state index < -0.39 is 23.6 Å². The summed E-state index contributed by atoms with van der Waals surface area (Å²) in [6.45, 7) is 9.04. The number of pyridine rings is 1. The molecule has 7 heteroatoms. The smallest absolute Gasteiger partial charge is 0.356 e. The van der Waals surface area contributed by atoms with Crippen LogP contribution < -0.4 is 5.73 Å². The number of hydrogen-bond donors (Lipinski definition) is 1. The van der Waals surface area contributed by atoms with Crippen LogP contribution in [-0.4, -0.2) is 36.7 Å². The highest BCUT2D eigenvalue weighted by Crippen LogP contribution is 2.38. The van der Waals surface area contributed by atoms with E-state index in [0.717, 1.165) is 5.56 Å². The summed E-state index contributed by atoms with van der Waals surface area (Å²) in [6, 6.07) is 7.16. The summed E-state index contributed by atoms with van der Waals surface area (Å²) in [4.78, 5) is 29.4. The molecule has 7 nitrogen and oxygen atoms in total.